The van der Waals surface area contributed by atoms with Crippen LogP contribution in [-0.4, -0.2) is 40.4 Å². The van der Waals surface area contributed by atoms with Gasteiger partial charge < -0.3 is 19.5 Å². The van der Waals surface area contributed by atoms with Crippen molar-refractivity contribution in [2.75, 3.05) is 13.1 Å². The van der Waals surface area contributed by atoms with Gasteiger partial charge in [-0.15, -0.1) is 0 Å². The van der Waals surface area contributed by atoms with Gasteiger partial charge in [-0.05, 0) is 39.0 Å². The number of benzene rings is 1. The molecule has 1 amide bonds. The number of fused-ring (bicyclic) bond motifs is 1. The van der Waals surface area contributed by atoms with Crippen LogP contribution in [0.5, 0.6) is 5.75 Å². The van der Waals surface area contributed by atoms with E-state index in [0.29, 0.717) is 35.8 Å². The third-order valence-electron chi connectivity index (χ3n) is 3.83. The molecule has 2 heterocycles. The van der Waals surface area contributed by atoms with Crippen LogP contribution in [-0.2, 0) is 4.74 Å². The fourth-order valence-electron chi connectivity index (χ4n) is 2.91. The molecule has 1 aromatic rings. The Balaban J connectivity index is 1.69. The molecule has 2 aliphatic heterocycles. The van der Waals surface area contributed by atoms with E-state index in [2.05, 4.69) is 0 Å². The Bertz CT molecular complexity index is 605. The summed E-state index contributed by atoms with van der Waals surface area (Å²) in [5, 5.41) is 10.9. The maximum atomic E-state index is 12.0. The number of carbonyl (C=O) groups excluding carboxylic acids is 1. The Morgan fingerprint density at radius 1 is 1.45 bits per heavy atom. The van der Waals surface area contributed by atoms with E-state index in [1.165, 1.54) is 0 Å². The molecule has 0 bridgehead atoms. The zero-order valence-electron chi connectivity index (χ0n) is 12.9. The first-order chi connectivity index (χ1) is 10.2. The molecular formula is C16H20ClNO4. The number of halogens is 1. The second kappa shape index (κ2) is 5.03. The minimum Gasteiger partial charge on any atom is -0.483 e. The quantitative estimate of drug-likeness (QED) is 0.796. The number of rotatable bonds is 0. The lowest BCUT2D eigenvalue weighted by Crippen LogP contribution is -2.68. The largest absolute Gasteiger partial charge is 0.483 e. The van der Waals surface area contributed by atoms with E-state index < -0.39 is 17.3 Å². The Kier molecular flexibility index (Phi) is 3.53. The van der Waals surface area contributed by atoms with Gasteiger partial charge in [0.05, 0.1) is 19.2 Å². The molecule has 1 fully saturated rings. The number of ether oxygens (including phenoxy) is 2. The molecule has 2 aliphatic rings. The van der Waals surface area contributed by atoms with Crippen molar-refractivity contribution in [2.24, 2.45) is 0 Å². The minimum atomic E-state index is -0.636. The maximum Gasteiger partial charge on any atom is 0.410 e. The molecule has 0 saturated carbocycles. The van der Waals surface area contributed by atoms with E-state index in [4.69, 9.17) is 21.1 Å². The van der Waals surface area contributed by atoms with E-state index in [1.807, 2.05) is 20.8 Å². The Morgan fingerprint density at radius 2 is 2.14 bits per heavy atom. The third kappa shape index (κ3) is 2.88. The second-order valence-electron chi connectivity index (χ2n) is 7.02. The Hall–Kier alpha value is -1.46. The predicted molar refractivity (Wildman–Crippen MR) is 82.2 cm³/mol. The van der Waals surface area contributed by atoms with Crippen molar-refractivity contribution in [1.29, 1.82) is 0 Å². The van der Waals surface area contributed by atoms with Crippen LogP contribution in [0.4, 0.5) is 4.79 Å². The summed E-state index contributed by atoms with van der Waals surface area (Å²) < 4.78 is 11.4. The van der Waals surface area contributed by atoms with Crippen molar-refractivity contribution in [2.45, 2.75) is 44.5 Å². The molecule has 0 aliphatic carbocycles. The van der Waals surface area contributed by atoms with Gasteiger partial charge in [0.2, 0.25) is 0 Å². The fraction of sp³-hybridized carbons (Fsp3) is 0.562. The first-order valence-electron chi connectivity index (χ1n) is 7.32. The number of aliphatic hydroxyl groups excluding tert-OH is 1. The molecule has 0 unspecified atom stereocenters. The average Bonchev–Trinajstić information content (AvgIpc) is 2.34. The van der Waals surface area contributed by atoms with Crippen LogP contribution >= 0.6 is 11.6 Å². The van der Waals surface area contributed by atoms with Crippen molar-refractivity contribution in [3.05, 3.63) is 28.8 Å². The Morgan fingerprint density at radius 3 is 2.77 bits per heavy atom. The molecule has 5 nitrogen and oxygen atoms in total. The van der Waals surface area contributed by atoms with Gasteiger partial charge in [-0.3, -0.25) is 0 Å². The van der Waals surface area contributed by atoms with Gasteiger partial charge >= 0.3 is 6.09 Å². The van der Waals surface area contributed by atoms with Crippen LogP contribution in [0, 0.1) is 0 Å². The van der Waals surface area contributed by atoms with Crippen LogP contribution in [0.3, 0.4) is 0 Å². The van der Waals surface area contributed by atoms with E-state index in [0.717, 1.165) is 0 Å². The van der Waals surface area contributed by atoms with Crippen molar-refractivity contribution < 1.29 is 19.4 Å². The lowest BCUT2D eigenvalue weighted by molar-refractivity contribution is -0.114. The summed E-state index contributed by atoms with van der Waals surface area (Å²) in [5.74, 6) is 0.631. The molecular weight excluding hydrogens is 306 g/mol. The van der Waals surface area contributed by atoms with Crippen LogP contribution in [0.25, 0.3) is 0 Å². The molecule has 0 aromatic heterocycles. The number of aliphatic hydroxyl groups is 1. The van der Waals surface area contributed by atoms with Gasteiger partial charge in [0.25, 0.3) is 0 Å². The first-order valence-corrected chi connectivity index (χ1v) is 7.70. The summed E-state index contributed by atoms with van der Waals surface area (Å²) >= 11 is 5.95. The summed E-state index contributed by atoms with van der Waals surface area (Å²) in [5.41, 5.74) is -0.346. The summed E-state index contributed by atoms with van der Waals surface area (Å²) in [6, 6.07) is 5.22. The van der Waals surface area contributed by atoms with E-state index >= 15 is 0 Å². The predicted octanol–water partition coefficient (Wildman–Crippen LogP) is 3.15. The highest BCUT2D eigenvalue weighted by Gasteiger charge is 2.52. The average molecular weight is 326 g/mol. The highest BCUT2D eigenvalue weighted by molar-refractivity contribution is 6.30. The SMILES string of the molecule is CC(C)(C)OC(=O)N1CC2(C[C@@H](O)c3cc(Cl)ccc3O2)C1. The summed E-state index contributed by atoms with van der Waals surface area (Å²) in [6.07, 6.45) is -0.541. The van der Waals surface area contributed by atoms with Crippen LogP contribution in [0.15, 0.2) is 18.2 Å². The summed E-state index contributed by atoms with van der Waals surface area (Å²) in [4.78, 5) is 13.6. The van der Waals surface area contributed by atoms with Crippen LogP contribution < -0.4 is 4.74 Å². The smallest absolute Gasteiger partial charge is 0.410 e. The van der Waals surface area contributed by atoms with E-state index in [9.17, 15) is 9.90 Å². The zero-order chi connectivity index (χ0) is 16.1. The van der Waals surface area contributed by atoms with Gasteiger partial charge in [0, 0.05) is 17.0 Å². The van der Waals surface area contributed by atoms with Gasteiger partial charge in [-0.25, -0.2) is 4.79 Å². The van der Waals surface area contributed by atoms with E-state index in [1.54, 1.807) is 23.1 Å². The fourth-order valence-corrected chi connectivity index (χ4v) is 3.09. The van der Waals surface area contributed by atoms with Crippen molar-refractivity contribution in [1.82, 2.24) is 4.90 Å². The molecule has 120 valence electrons. The number of hydrogen-bond donors (Lipinski definition) is 1. The summed E-state index contributed by atoms with van der Waals surface area (Å²) in [7, 11) is 0. The van der Waals surface area contributed by atoms with Gasteiger partial charge in [0.15, 0.2) is 0 Å². The molecule has 22 heavy (non-hydrogen) atoms. The Labute approximate surface area is 134 Å². The molecule has 1 aromatic carbocycles. The van der Waals surface area contributed by atoms with Crippen molar-refractivity contribution >= 4 is 17.7 Å². The number of likely N-dealkylation sites (tertiary alicyclic amines) is 1. The first kappa shape index (κ1) is 15.4. The number of nitrogens with zero attached hydrogens (tertiary/aromatic N) is 1. The van der Waals surface area contributed by atoms with Crippen molar-refractivity contribution in [3.8, 4) is 5.75 Å². The lowest BCUT2D eigenvalue weighted by atomic mass is 9.83. The van der Waals surface area contributed by atoms with Gasteiger partial charge in [0.1, 0.15) is 17.0 Å². The van der Waals surface area contributed by atoms with E-state index in [-0.39, 0.29) is 6.09 Å². The minimum absolute atomic E-state index is 0.349. The standard InChI is InChI=1S/C16H20ClNO4/c1-15(2,3)22-14(20)18-8-16(9-18)7-12(19)11-6-10(17)4-5-13(11)21-16/h4-6,12,19H,7-9H2,1-3H3/t12-/m1/s1. The molecule has 1 N–H and O–H groups in total. The number of hydrogen-bond acceptors (Lipinski definition) is 4. The summed E-state index contributed by atoms with van der Waals surface area (Å²) in [6.45, 7) is 6.34. The van der Waals surface area contributed by atoms with Crippen LogP contribution in [0.2, 0.25) is 5.02 Å². The molecule has 1 atom stereocenters. The maximum absolute atomic E-state index is 12.0. The molecule has 6 heteroatoms. The lowest BCUT2D eigenvalue weighted by Gasteiger charge is -2.52. The van der Waals surface area contributed by atoms with Gasteiger partial charge in [-0.2, -0.15) is 0 Å². The monoisotopic (exact) mass is 325 g/mol. The third-order valence-corrected chi connectivity index (χ3v) is 4.07. The molecule has 3 rings (SSSR count). The molecule has 1 spiro atoms. The zero-order valence-corrected chi connectivity index (χ0v) is 13.7. The second-order valence-corrected chi connectivity index (χ2v) is 7.46. The highest BCUT2D eigenvalue weighted by atomic mass is 35.5. The van der Waals surface area contributed by atoms with Crippen LogP contribution in [0.1, 0.15) is 38.9 Å². The topological polar surface area (TPSA) is 59.0 Å². The van der Waals surface area contributed by atoms with Crippen molar-refractivity contribution in [3.63, 3.8) is 0 Å². The number of amides is 1. The molecule has 1 saturated heterocycles. The molecule has 0 radical (unpaired) electrons. The van der Waals surface area contributed by atoms with Gasteiger partial charge in [-0.1, -0.05) is 11.6 Å². The number of carbonyl (C=O) groups is 1. The highest BCUT2D eigenvalue weighted by Crippen LogP contribution is 2.44. The normalized spacial score (nSPS) is 22.6.